The second-order valence-corrected chi connectivity index (χ2v) is 5.61. The van der Waals surface area contributed by atoms with E-state index in [9.17, 15) is 9.18 Å². The first-order chi connectivity index (χ1) is 10.0. The molecule has 0 aliphatic carbocycles. The van der Waals surface area contributed by atoms with Gasteiger partial charge in [0.1, 0.15) is 5.82 Å². The van der Waals surface area contributed by atoms with E-state index < -0.39 is 11.8 Å². The SMILES string of the molecule is N#Cc1ccc(CSc2ccc(F)c(C(=O)O)c2)c(Cl)c1. The van der Waals surface area contributed by atoms with Crippen LogP contribution in [-0.4, -0.2) is 11.1 Å². The molecule has 106 valence electrons. The third kappa shape index (κ3) is 3.75. The molecule has 0 atom stereocenters. The molecule has 2 aromatic rings. The van der Waals surface area contributed by atoms with Gasteiger partial charge in [-0.05, 0) is 35.9 Å². The summed E-state index contributed by atoms with van der Waals surface area (Å²) in [7, 11) is 0. The standard InChI is InChI=1S/C15H9ClFNO2S/c16-13-5-9(7-18)1-2-10(13)8-21-11-3-4-14(17)12(6-11)15(19)20/h1-6H,8H2,(H,19,20). The first-order valence-corrected chi connectivity index (χ1v) is 7.22. The molecule has 0 aliphatic heterocycles. The van der Waals surface area contributed by atoms with Crippen LogP contribution in [0, 0.1) is 17.1 Å². The predicted molar refractivity (Wildman–Crippen MR) is 79.1 cm³/mol. The zero-order chi connectivity index (χ0) is 15.4. The van der Waals surface area contributed by atoms with Crippen molar-refractivity contribution in [2.24, 2.45) is 0 Å². The molecule has 6 heteroatoms. The van der Waals surface area contributed by atoms with Crippen LogP contribution in [0.25, 0.3) is 0 Å². The summed E-state index contributed by atoms with van der Waals surface area (Å²) < 4.78 is 13.3. The second kappa shape index (κ2) is 6.61. The molecule has 2 rings (SSSR count). The highest BCUT2D eigenvalue weighted by Gasteiger charge is 2.11. The van der Waals surface area contributed by atoms with Crippen molar-refractivity contribution in [2.45, 2.75) is 10.6 Å². The van der Waals surface area contributed by atoms with Crippen LogP contribution in [0.1, 0.15) is 21.5 Å². The second-order valence-electron chi connectivity index (χ2n) is 4.15. The van der Waals surface area contributed by atoms with Crippen LogP contribution in [0.2, 0.25) is 5.02 Å². The lowest BCUT2D eigenvalue weighted by molar-refractivity contribution is 0.0691. The van der Waals surface area contributed by atoms with Gasteiger partial charge in [0, 0.05) is 15.7 Å². The molecule has 0 aromatic heterocycles. The number of carbonyl (C=O) groups is 1. The fourth-order valence-corrected chi connectivity index (χ4v) is 2.92. The van der Waals surface area contributed by atoms with Crippen LogP contribution >= 0.6 is 23.4 Å². The fourth-order valence-electron chi connectivity index (χ4n) is 1.65. The van der Waals surface area contributed by atoms with Gasteiger partial charge in [0.05, 0.1) is 17.2 Å². The number of halogens is 2. The fraction of sp³-hybridized carbons (Fsp3) is 0.0667. The van der Waals surface area contributed by atoms with E-state index in [0.29, 0.717) is 21.2 Å². The number of benzene rings is 2. The normalized spacial score (nSPS) is 10.1. The van der Waals surface area contributed by atoms with Gasteiger partial charge >= 0.3 is 5.97 Å². The van der Waals surface area contributed by atoms with Crippen molar-refractivity contribution in [3.8, 4) is 6.07 Å². The van der Waals surface area contributed by atoms with E-state index in [4.69, 9.17) is 22.0 Å². The van der Waals surface area contributed by atoms with Gasteiger partial charge in [-0.2, -0.15) is 5.26 Å². The first-order valence-electron chi connectivity index (χ1n) is 5.85. The van der Waals surface area contributed by atoms with Gasteiger partial charge in [-0.25, -0.2) is 9.18 Å². The minimum atomic E-state index is -1.30. The summed E-state index contributed by atoms with van der Waals surface area (Å²) in [5.41, 5.74) is 0.941. The smallest absolute Gasteiger partial charge is 0.338 e. The largest absolute Gasteiger partial charge is 0.478 e. The van der Waals surface area contributed by atoms with Crippen LogP contribution in [-0.2, 0) is 5.75 Å². The van der Waals surface area contributed by atoms with Crippen LogP contribution in [0.4, 0.5) is 4.39 Å². The lowest BCUT2D eigenvalue weighted by Crippen LogP contribution is -2.00. The van der Waals surface area contributed by atoms with Gasteiger partial charge in [-0.15, -0.1) is 11.8 Å². The Hall–Kier alpha value is -2.03. The summed E-state index contributed by atoms with van der Waals surface area (Å²) in [6.45, 7) is 0. The Morgan fingerprint density at radius 2 is 2.10 bits per heavy atom. The minimum Gasteiger partial charge on any atom is -0.478 e. The number of nitrogens with zero attached hydrogens (tertiary/aromatic N) is 1. The van der Waals surface area contributed by atoms with Gasteiger partial charge in [0.2, 0.25) is 0 Å². The van der Waals surface area contributed by atoms with Crippen molar-refractivity contribution in [1.29, 1.82) is 5.26 Å². The number of hydrogen-bond donors (Lipinski definition) is 1. The van der Waals surface area contributed by atoms with E-state index in [2.05, 4.69) is 0 Å². The van der Waals surface area contributed by atoms with E-state index in [1.807, 2.05) is 6.07 Å². The molecule has 21 heavy (non-hydrogen) atoms. The molecular formula is C15H9ClFNO2S. The average Bonchev–Trinajstić information content (AvgIpc) is 2.47. The zero-order valence-electron chi connectivity index (χ0n) is 10.6. The van der Waals surface area contributed by atoms with E-state index >= 15 is 0 Å². The third-order valence-corrected chi connectivity index (χ3v) is 4.14. The van der Waals surface area contributed by atoms with Crippen LogP contribution in [0.3, 0.4) is 0 Å². The molecule has 1 N–H and O–H groups in total. The highest BCUT2D eigenvalue weighted by molar-refractivity contribution is 7.98. The van der Waals surface area contributed by atoms with E-state index in [1.54, 1.807) is 18.2 Å². The third-order valence-electron chi connectivity index (χ3n) is 2.74. The predicted octanol–water partition coefficient (Wildman–Crippen LogP) is 4.34. The van der Waals surface area contributed by atoms with Gasteiger partial charge in [0.25, 0.3) is 0 Å². The molecule has 0 heterocycles. The molecule has 3 nitrogen and oxygen atoms in total. The average molecular weight is 322 g/mol. The summed E-state index contributed by atoms with van der Waals surface area (Å²) in [6.07, 6.45) is 0. The number of rotatable bonds is 4. The van der Waals surface area contributed by atoms with Gasteiger partial charge in [-0.1, -0.05) is 17.7 Å². The van der Waals surface area contributed by atoms with E-state index in [1.165, 1.54) is 23.9 Å². The molecule has 0 saturated heterocycles. The van der Waals surface area contributed by atoms with Crippen LogP contribution in [0.15, 0.2) is 41.3 Å². The summed E-state index contributed by atoms with van der Waals surface area (Å²) in [6, 6.07) is 10.9. The van der Waals surface area contributed by atoms with Gasteiger partial charge in [-0.3, -0.25) is 0 Å². The Bertz CT molecular complexity index is 743. The molecule has 0 bridgehead atoms. The Kier molecular flexibility index (Phi) is 4.84. The highest BCUT2D eigenvalue weighted by Crippen LogP contribution is 2.28. The number of nitriles is 1. The quantitative estimate of drug-likeness (QED) is 0.851. The van der Waals surface area contributed by atoms with Crippen molar-refractivity contribution in [2.75, 3.05) is 0 Å². The summed E-state index contributed by atoms with van der Waals surface area (Å²) in [5, 5.41) is 18.1. The molecule has 0 saturated carbocycles. The maximum atomic E-state index is 13.3. The van der Waals surface area contributed by atoms with E-state index in [-0.39, 0.29) is 5.56 Å². The Labute approximate surface area is 130 Å². The van der Waals surface area contributed by atoms with Crippen LogP contribution in [0.5, 0.6) is 0 Å². The van der Waals surface area contributed by atoms with Crippen molar-refractivity contribution < 1.29 is 14.3 Å². The molecule has 2 aromatic carbocycles. The molecular weight excluding hydrogens is 313 g/mol. The Balaban J connectivity index is 2.15. The zero-order valence-corrected chi connectivity index (χ0v) is 12.2. The number of thioether (sulfide) groups is 1. The molecule has 0 radical (unpaired) electrons. The Morgan fingerprint density at radius 3 is 2.71 bits per heavy atom. The molecule has 0 fully saturated rings. The summed E-state index contributed by atoms with van der Waals surface area (Å²) in [4.78, 5) is 11.5. The monoisotopic (exact) mass is 321 g/mol. The lowest BCUT2D eigenvalue weighted by atomic mass is 10.2. The molecule has 0 unspecified atom stereocenters. The number of aromatic carboxylic acids is 1. The van der Waals surface area contributed by atoms with E-state index in [0.717, 1.165) is 11.6 Å². The van der Waals surface area contributed by atoms with Gasteiger partial charge < -0.3 is 5.11 Å². The summed E-state index contributed by atoms with van der Waals surface area (Å²) in [5.74, 6) is -1.57. The maximum Gasteiger partial charge on any atom is 0.338 e. The van der Waals surface area contributed by atoms with Gasteiger partial charge in [0.15, 0.2) is 0 Å². The maximum absolute atomic E-state index is 13.3. The number of carboxylic acid groups (broad SMARTS) is 1. The topological polar surface area (TPSA) is 61.1 Å². The van der Waals surface area contributed by atoms with Crippen molar-refractivity contribution >= 4 is 29.3 Å². The first kappa shape index (κ1) is 15.4. The summed E-state index contributed by atoms with van der Waals surface area (Å²) >= 11 is 7.41. The van der Waals surface area contributed by atoms with Crippen molar-refractivity contribution in [3.63, 3.8) is 0 Å². The molecule has 0 amide bonds. The van der Waals surface area contributed by atoms with Crippen molar-refractivity contribution in [1.82, 2.24) is 0 Å². The van der Waals surface area contributed by atoms with Crippen LogP contribution < -0.4 is 0 Å². The van der Waals surface area contributed by atoms with Crippen molar-refractivity contribution in [3.05, 3.63) is 63.9 Å². The number of hydrogen-bond acceptors (Lipinski definition) is 3. The molecule has 0 aliphatic rings. The Morgan fingerprint density at radius 1 is 1.33 bits per heavy atom. The minimum absolute atomic E-state index is 0.356. The number of carboxylic acids is 1. The lowest BCUT2D eigenvalue weighted by Gasteiger charge is -2.06. The highest BCUT2D eigenvalue weighted by atomic mass is 35.5. The molecule has 0 spiro atoms.